The highest BCUT2D eigenvalue weighted by Crippen LogP contribution is 2.21. The summed E-state index contributed by atoms with van der Waals surface area (Å²) in [6, 6.07) is 0.404. The minimum Gasteiger partial charge on any atom is -0.372 e. The van der Waals surface area contributed by atoms with Crippen molar-refractivity contribution in [2.45, 2.75) is 38.6 Å². The van der Waals surface area contributed by atoms with E-state index in [1.807, 2.05) is 11.8 Å². The third-order valence-electron chi connectivity index (χ3n) is 2.87. The van der Waals surface area contributed by atoms with Crippen molar-refractivity contribution in [1.82, 2.24) is 4.90 Å². The summed E-state index contributed by atoms with van der Waals surface area (Å²) in [5.74, 6) is 0.136. The number of rotatable bonds is 6. The van der Waals surface area contributed by atoms with Crippen molar-refractivity contribution in [2.75, 3.05) is 26.3 Å². The second-order valence-electron chi connectivity index (χ2n) is 3.95. The maximum absolute atomic E-state index is 11.7. The average Bonchev–Trinajstić information content (AvgIpc) is 2.71. The van der Waals surface area contributed by atoms with Crippen molar-refractivity contribution >= 4 is 5.91 Å². The highest BCUT2D eigenvalue weighted by atomic mass is 16.5. The van der Waals surface area contributed by atoms with Gasteiger partial charge in [0.1, 0.15) is 6.61 Å². The number of carbonyl (C=O) groups excluding carboxylic acids is 1. The van der Waals surface area contributed by atoms with E-state index in [-0.39, 0.29) is 12.5 Å². The van der Waals surface area contributed by atoms with Gasteiger partial charge in [-0.25, -0.2) is 0 Å². The molecule has 1 unspecified atom stereocenters. The lowest BCUT2D eigenvalue weighted by Gasteiger charge is -2.24. The molecule has 4 heteroatoms. The Hall–Kier alpha value is -0.610. The van der Waals surface area contributed by atoms with E-state index in [0.29, 0.717) is 19.2 Å². The van der Waals surface area contributed by atoms with E-state index in [2.05, 4.69) is 0 Å². The normalized spacial score (nSPS) is 20.9. The summed E-state index contributed by atoms with van der Waals surface area (Å²) in [7, 11) is 0. The first-order valence-corrected chi connectivity index (χ1v) is 5.86. The van der Waals surface area contributed by atoms with Crippen LogP contribution in [0.15, 0.2) is 0 Å². The Kier molecular flexibility index (Phi) is 5.65. The number of nitrogens with zero attached hydrogens (tertiary/aromatic N) is 1. The summed E-state index contributed by atoms with van der Waals surface area (Å²) in [5, 5.41) is 0. The molecule has 0 aliphatic carbocycles. The molecule has 0 aromatic rings. The van der Waals surface area contributed by atoms with Crippen LogP contribution in [0.4, 0.5) is 0 Å². The van der Waals surface area contributed by atoms with E-state index in [1.165, 1.54) is 0 Å². The molecule has 1 atom stereocenters. The summed E-state index contributed by atoms with van der Waals surface area (Å²) in [6.07, 6.45) is 4.28. The Bertz CT molecular complexity index is 197. The standard InChI is InChI=1S/C11H22N2O2/c1-2-15-9-11(14)13-8-4-6-10(13)5-3-7-12/h10H,2-9,12H2,1H3. The van der Waals surface area contributed by atoms with Crippen molar-refractivity contribution in [3.8, 4) is 0 Å². The molecule has 1 heterocycles. The summed E-state index contributed by atoms with van der Waals surface area (Å²) < 4.78 is 5.14. The number of amides is 1. The van der Waals surface area contributed by atoms with Gasteiger partial charge in [-0.1, -0.05) is 0 Å². The second kappa shape index (κ2) is 6.80. The van der Waals surface area contributed by atoms with Gasteiger partial charge in [-0.2, -0.15) is 0 Å². The summed E-state index contributed by atoms with van der Waals surface area (Å²) in [5.41, 5.74) is 5.48. The van der Waals surface area contributed by atoms with Crippen LogP contribution >= 0.6 is 0 Å². The third kappa shape index (κ3) is 3.80. The van der Waals surface area contributed by atoms with E-state index in [0.717, 1.165) is 32.2 Å². The van der Waals surface area contributed by atoms with Crippen LogP contribution in [0.3, 0.4) is 0 Å². The predicted octanol–water partition coefficient (Wildman–Crippen LogP) is 0.753. The van der Waals surface area contributed by atoms with Crippen LogP contribution < -0.4 is 5.73 Å². The zero-order chi connectivity index (χ0) is 11.1. The van der Waals surface area contributed by atoms with Crippen molar-refractivity contribution < 1.29 is 9.53 Å². The molecular formula is C11H22N2O2. The number of carbonyl (C=O) groups is 1. The van der Waals surface area contributed by atoms with Gasteiger partial charge in [0.05, 0.1) is 0 Å². The first-order valence-electron chi connectivity index (χ1n) is 5.86. The van der Waals surface area contributed by atoms with E-state index < -0.39 is 0 Å². The molecule has 15 heavy (non-hydrogen) atoms. The van der Waals surface area contributed by atoms with E-state index >= 15 is 0 Å². The van der Waals surface area contributed by atoms with Crippen LogP contribution in [-0.4, -0.2) is 43.2 Å². The topological polar surface area (TPSA) is 55.6 Å². The first-order chi connectivity index (χ1) is 7.29. The average molecular weight is 214 g/mol. The highest BCUT2D eigenvalue weighted by molar-refractivity contribution is 5.78. The lowest BCUT2D eigenvalue weighted by atomic mass is 10.1. The molecular weight excluding hydrogens is 192 g/mol. The van der Waals surface area contributed by atoms with Crippen LogP contribution in [0.5, 0.6) is 0 Å². The molecule has 1 amide bonds. The zero-order valence-corrected chi connectivity index (χ0v) is 9.58. The fraction of sp³-hybridized carbons (Fsp3) is 0.909. The maximum atomic E-state index is 11.7. The molecule has 0 aromatic carbocycles. The molecule has 1 rings (SSSR count). The van der Waals surface area contributed by atoms with Gasteiger partial charge in [-0.05, 0) is 39.2 Å². The number of nitrogens with two attached hydrogens (primary N) is 1. The van der Waals surface area contributed by atoms with Gasteiger partial charge in [-0.3, -0.25) is 4.79 Å². The molecule has 0 spiro atoms. The van der Waals surface area contributed by atoms with Crippen LogP contribution in [0, 0.1) is 0 Å². The Morgan fingerprint density at radius 2 is 2.40 bits per heavy atom. The van der Waals surface area contributed by atoms with Crippen molar-refractivity contribution in [3.63, 3.8) is 0 Å². The third-order valence-corrected chi connectivity index (χ3v) is 2.87. The number of hydrogen-bond acceptors (Lipinski definition) is 3. The van der Waals surface area contributed by atoms with Gasteiger partial charge in [0.25, 0.3) is 0 Å². The fourth-order valence-electron chi connectivity index (χ4n) is 2.09. The molecule has 4 nitrogen and oxygen atoms in total. The molecule has 1 saturated heterocycles. The number of likely N-dealkylation sites (tertiary alicyclic amines) is 1. The predicted molar refractivity (Wildman–Crippen MR) is 59.5 cm³/mol. The van der Waals surface area contributed by atoms with Gasteiger partial charge < -0.3 is 15.4 Å². The molecule has 0 aromatic heterocycles. The molecule has 0 radical (unpaired) electrons. The molecule has 1 aliphatic heterocycles. The Balaban J connectivity index is 2.34. The van der Waals surface area contributed by atoms with Crippen LogP contribution in [0.25, 0.3) is 0 Å². The lowest BCUT2D eigenvalue weighted by molar-refractivity contribution is -0.136. The lowest BCUT2D eigenvalue weighted by Crippen LogP contribution is -2.38. The summed E-state index contributed by atoms with van der Waals surface area (Å²) in [6.45, 7) is 4.34. The van der Waals surface area contributed by atoms with Gasteiger partial charge in [0.15, 0.2) is 0 Å². The minimum absolute atomic E-state index is 0.136. The zero-order valence-electron chi connectivity index (χ0n) is 9.58. The summed E-state index contributed by atoms with van der Waals surface area (Å²) >= 11 is 0. The van der Waals surface area contributed by atoms with E-state index in [4.69, 9.17) is 10.5 Å². The Morgan fingerprint density at radius 1 is 1.60 bits per heavy atom. The highest BCUT2D eigenvalue weighted by Gasteiger charge is 2.27. The van der Waals surface area contributed by atoms with Crippen molar-refractivity contribution in [2.24, 2.45) is 5.73 Å². The second-order valence-corrected chi connectivity index (χ2v) is 3.95. The minimum atomic E-state index is 0.136. The monoisotopic (exact) mass is 214 g/mol. The SMILES string of the molecule is CCOCC(=O)N1CCCC1CCCN. The summed E-state index contributed by atoms with van der Waals surface area (Å²) in [4.78, 5) is 13.7. The smallest absolute Gasteiger partial charge is 0.248 e. The van der Waals surface area contributed by atoms with Gasteiger partial charge in [0, 0.05) is 19.2 Å². The molecule has 2 N–H and O–H groups in total. The quantitative estimate of drug-likeness (QED) is 0.710. The maximum Gasteiger partial charge on any atom is 0.248 e. The van der Waals surface area contributed by atoms with Gasteiger partial charge >= 0.3 is 0 Å². The van der Waals surface area contributed by atoms with Crippen molar-refractivity contribution in [3.05, 3.63) is 0 Å². The molecule has 88 valence electrons. The molecule has 0 saturated carbocycles. The molecule has 1 aliphatic rings. The van der Waals surface area contributed by atoms with Crippen LogP contribution in [0.2, 0.25) is 0 Å². The number of hydrogen-bond donors (Lipinski definition) is 1. The first kappa shape index (κ1) is 12.5. The fourth-order valence-corrected chi connectivity index (χ4v) is 2.09. The molecule has 0 bridgehead atoms. The van der Waals surface area contributed by atoms with Gasteiger partial charge in [0.2, 0.25) is 5.91 Å². The number of ether oxygens (including phenoxy) is 1. The van der Waals surface area contributed by atoms with Crippen LogP contribution in [-0.2, 0) is 9.53 Å². The van der Waals surface area contributed by atoms with Gasteiger partial charge in [-0.15, -0.1) is 0 Å². The Labute approximate surface area is 91.8 Å². The Morgan fingerprint density at radius 3 is 3.07 bits per heavy atom. The van der Waals surface area contributed by atoms with Crippen molar-refractivity contribution in [1.29, 1.82) is 0 Å². The molecule has 1 fully saturated rings. The largest absolute Gasteiger partial charge is 0.372 e. The van der Waals surface area contributed by atoms with E-state index in [1.54, 1.807) is 0 Å². The van der Waals surface area contributed by atoms with Crippen LogP contribution in [0.1, 0.15) is 32.6 Å². The van der Waals surface area contributed by atoms with E-state index in [9.17, 15) is 4.79 Å².